The van der Waals surface area contributed by atoms with Crippen molar-refractivity contribution in [3.05, 3.63) is 47.0 Å². The summed E-state index contributed by atoms with van der Waals surface area (Å²) in [5.41, 5.74) is 6.00. The van der Waals surface area contributed by atoms with Gasteiger partial charge < -0.3 is 0 Å². The Kier molecular flexibility index (Phi) is 3.72. The molecule has 3 rings (SSSR count). The van der Waals surface area contributed by atoms with Crippen molar-refractivity contribution in [1.82, 2.24) is 4.90 Å². The highest BCUT2D eigenvalue weighted by Crippen LogP contribution is 2.41. The van der Waals surface area contributed by atoms with Gasteiger partial charge in [-0.2, -0.15) is 0 Å². The zero-order valence-corrected chi connectivity index (χ0v) is 13.2. The maximum Gasteiger partial charge on any atom is 0.0388 e. The molecule has 2 aliphatic rings. The minimum Gasteiger partial charge on any atom is -0.295 e. The molecule has 1 heteroatoms. The normalized spacial score (nSPS) is 26.5. The van der Waals surface area contributed by atoms with Gasteiger partial charge in [0.1, 0.15) is 0 Å². The zero-order chi connectivity index (χ0) is 14.3. The summed E-state index contributed by atoms with van der Waals surface area (Å²) in [6.07, 6.45) is 3.67. The van der Waals surface area contributed by atoms with Crippen molar-refractivity contribution >= 4 is 0 Å². The van der Waals surface area contributed by atoms with Gasteiger partial charge in [0.2, 0.25) is 0 Å². The Balaban J connectivity index is 1.84. The average Bonchev–Trinajstić information content (AvgIpc) is 2.39. The summed E-state index contributed by atoms with van der Waals surface area (Å²) < 4.78 is 0. The molecule has 0 spiro atoms. The van der Waals surface area contributed by atoms with Crippen molar-refractivity contribution in [2.45, 2.75) is 46.1 Å². The van der Waals surface area contributed by atoms with Crippen molar-refractivity contribution in [2.24, 2.45) is 11.8 Å². The first kappa shape index (κ1) is 13.9. The van der Waals surface area contributed by atoms with Crippen LogP contribution in [0.25, 0.3) is 0 Å². The monoisotopic (exact) mass is 269 g/mol. The Morgan fingerprint density at radius 1 is 1.35 bits per heavy atom. The maximum atomic E-state index is 4.41. The van der Waals surface area contributed by atoms with Crippen molar-refractivity contribution in [1.29, 1.82) is 0 Å². The third-order valence-corrected chi connectivity index (χ3v) is 5.01. The van der Waals surface area contributed by atoms with E-state index in [1.165, 1.54) is 37.1 Å². The second-order valence-electron chi connectivity index (χ2n) is 7.15. The van der Waals surface area contributed by atoms with Crippen molar-refractivity contribution in [2.75, 3.05) is 13.1 Å². The lowest BCUT2D eigenvalue weighted by Crippen LogP contribution is -2.43. The number of piperidine rings is 1. The van der Waals surface area contributed by atoms with Gasteiger partial charge in [-0.15, -0.1) is 0 Å². The lowest BCUT2D eigenvalue weighted by molar-refractivity contribution is 0.124. The van der Waals surface area contributed by atoms with Crippen LogP contribution >= 0.6 is 0 Å². The summed E-state index contributed by atoms with van der Waals surface area (Å²) >= 11 is 0. The van der Waals surface area contributed by atoms with E-state index in [1.54, 1.807) is 11.1 Å². The molecule has 2 atom stereocenters. The Morgan fingerprint density at radius 2 is 2.15 bits per heavy atom. The van der Waals surface area contributed by atoms with Crippen molar-refractivity contribution in [3.63, 3.8) is 0 Å². The third-order valence-electron chi connectivity index (χ3n) is 5.01. The number of hydrogen-bond donors (Lipinski definition) is 0. The van der Waals surface area contributed by atoms with E-state index in [1.807, 2.05) is 0 Å². The summed E-state index contributed by atoms with van der Waals surface area (Å²) in [5.74, 6) is 1.48. The number of rotatable bonds is 2. The van der Waals surface area contributed by atoms with Gasteiger partial charge in [-0.1, -0.05) is 49.8 Å². The lowest BCUT2D eigenvalue weighted by Gasteiger charge is -2.45. The number of benzene rings is 1. The zero-order valence-electron chi connectivity index (χ0n) is 13.2. The summed E-state index contributed by atoms with van der Waals surface area (Å²) in [4.78, 5) is 2.71. The molecule has 1 aromatic rings. The minimum atomic E-state index is 0.592. The molecule has 0 aliphatic carbocycles. The molecule has 1 fully saturated rings. The number of fused-ring (bicyclic) bond motifs is 3. The molecule has 1 saturated heterocycles. The van der Waals surface area contributed by atoms with Gasteiger partial charge >= 0.3 is 0 Å². The molecule has 0 aromatic heterocycles. The van der Waals surface area contributed by atoms with E-state index in [-0.39, 0.29) is 0 Å². The molecule has 0 saturated carbocycles. The van der Waals surface area contributed by atoms with E-state index in [0.29, 0.717) is 12.0 Å². The highest BCUT2D eigenvalue weighted by molar-refractivity contribution is 5.37. The van der Waals surface area contributed by atoms with Crippen LogP contribution in [0.3, 0.4) is 0 Å². The quantitative estimate of drug-likeness (QED) is 0.714. The summed E-state index contributed by atoms with van der Waals surface area (Å²) in [6, 6.07) is 7.59. The molecule has 0 N–H and O–H groups in total. The minimum absolute atomic E-state index is 0.592. The molecule has 108 valence electrons. The topological polar surface area (TPSA) is 3.24 Å². The Morgan fingerprint density at radius 3 is 2.90 bits per heavy atom. The molecular weight excluding hydrogens is 242 g/mol. The van der Waals surface area contributed by atoms with Gasteiger partial charge in [-0.05, 0) is 49.1 Å². The van der Waals surface area contributed by atoms with E-state index in [9.17, 15) is 0 Å². The Labute approximate surface area is 123 Å². The summed E-state index contributed by atoms with van der Waals surface area (Å²) in [6.45, 7) is 13.7. The second-order valence-corrected chi connectivity index (χ2v) is 7.15. The van der Waals surface area contributed by atoms with Gasteiger partial charge in [-0.25, -0.2) is 0 Å². The predicted molar refractivity (Wildman–Crippen MR) is 85.9 cm³/mol. The van der Waals surface area contributed by atoms with Crippen LogP contribution in [-0.2, 0) is 6.42 Å². The SMILES string of the molecule is C=C1CC2c3cc(C)ccc3CCN2CC1CC(C)C. The largest absolute Gasteiger partial charge is 0.295 e. The fourth-order valence-corrected chi connectivity index (χ4v) is 3.96. The average molecular weight is 269 g/mol. The molecule has 0 radical (unpaired) electrons. The Bertz CT molecular complexity index is 514. The molecule has 1 nitrogen and oxygen atoms in total. The number of hydrogen-bond acceptors (Lipinski definition) is 1. The van der Waals surface area contributed by atoms with E-state index in [2.05, 4.69) is 50.4 Å². The van der Waals surface area contributed by atoms with Crippen LogP contribution in [0.15, 0.2) is 30.4 Å². The standard InChI is InChI=1S/C19H27N/c1-13(2)9-17-12-20-8-7-16-6-5-14(3)10-18(16)19(20)11-15(17)4/h5-6,10,13,17,19H,4,7-9,11-12H2,1-3H3. The summed E-state index contributed by atoms with van der Waals surface area (Å²) in [7, 11) is 0. The second kappa shape index (κ2) is 5.37. The van der Waals surface area contributed by atoms with Gasteiger partial charge in [-0.3, -0.25) is 4.90 Å². The molecule has 2 aliphatic heterocycles. The summed E-state index contributed by atoms with van der Waals surface area (Å²) in [5, 5.41) is 0. The first-order valence-corrected chi connectivity index (χ1v) is 8.05. The first-order valence-electron chi connectivity index (χ1n) is 8.05. The Hall–Kier alpha value is -1.08. The fraction of sp³-hybridized carbons (Fsp3) is 0.579. The fourth-order valence-electron chi connectivity index (χ4n) is 3.96. The van der Waals surface area contributed by atoms with Gasteiger partial charge in [0.25, 0.3) is 0 Å². The van der Waals surface area contributed by atoms with Gasteiger partial charge in [0.15, 0.2) is 0 Å². The van der Waals surface area contributed by atoms with Crippen LogP contribution < -0.4 is 0 Å². The van der Waals surface area contributed by atoms with Crippen LogP contribution in [-0.4, -0.2) is 18.0 Å². The third kappa shape index (κ3) is 2.56. The van der Waals surface area contributed by atoms with E-state index < -0.39 is 0 Å². The molecule has 20 heavy (non-hydrogen) atoms. The van der Waals surface area contributed by atoms with Crippen LogP contribution in [0.5, 0.6) is 0 Å². The molecule has 0 amide bonds. The van der Waals surface area contributed by atoms with E-state index in [4.69, 9.17) is 0 Å². The molecule has 2 unspecified atom stereocenters. The van der Waals surface area contributed by atoms with Gasteiger partial charge in [0.05, 0.1) is 0 Å². The van der Waals surface area contributed by atoms with E-state index >= 15 is 0 Å². The molecule has 0 bridgehead atoms. The van der Waals surface area contributed by atoms with Crippen LogP contribution in [0.2, 0.25) is 0 Å². The number of nitrogens with zero attached hydrogens (tertiary/aromatic N) is 1. The van der Waals surface area contributed by atoms with Crippen LogP contribution in [0, 0.1) is 18.8 Å². The highest BCUT2D eigenvalue weighted by Gasteiger charge is 2.35. The number of aryl methyl sites for hydroxylation is 1. The molecule has 1 aromatic carbocycles. The lowest BCUT2D eigenvalue weighted by atomic mass is 9.78. The van der Waals surface area contributed by atoms with E-state index in [0.717, 1.165) is 12.3 Å². The predicted octanol–water partition coefficient (Wildman–Crippen LogP) is 4.52. The highest BCUT2D eigenvalue weighted by atomic mass is 15.2. The van der Waals surface area contributed by atoms with Crippen molar-refractivity contribution in [3.8, 4) is 0 Å². The molecular formula is C19H27N. The van der Waals surface area contributed by atoms with Gasteiger partial charge in [0, 0.05) is 19.1 Å². The van der Waals surface area contributed by atoms with Crippen LogP contribution in [0.1, 0.15) is 49.4 Å². The smallest absolute Gasteiger partial charge is 0.0388 e. The first-order chi connectivity index (χ1) is 9.54. The maximum absolute atomic E-state index is 4.41. The van der Waals surface area contributed by atoms with Crippen molar-refractivity contribution < 1.29 is 0 Å². The molecule has 2 heterocycles. The van der Waals surface area contributed by atoms with Crippen LogP contribution in [0.4, 0.5) is 0 Å².